The average molecular weight is 144 g/mol. The molecule has 4 heteroatoms. The fraction of sp³-hybridized carbons (Fsp3) is 0.500. The van der Waals surface area contributed by atoms with Crippen molar-refractivity contribution in [1.29, 1.82) is 0 Å². The van der Waals surface area contributed by atoms with E-state index in [9.17, 15) is 8.78 Å². The summed E-state index contributed by atoms with van der Waals surface area (Å²) in [7, 11) is 0. The highest BCUT2D eigenvalue weighted by molar-refractivity contribution is 5.85. The molecule has 0 aromatic heterocycles. The molecule has 0 bridgehead atoms. The molecule has 0 fully saturated rings. The third-order valence-corrected chi connectivity index (χ3v) is 0.418. The lowest BCUT2D eigenvalue weighted by Crippen LogP contribution is -1.93. The quantitative estimate of drug-likeness (QED) is 0.578. The first-order valence-electron chi connectivity index (χ1n) is 1.92. The summed E-state index contributed by atoms with van der Waals surface area (Å²) in [4.78, 5) is 0. The van der Waals surface area contributed by atoms with Gasteiger partial charge in [-0.25, -0.2) is 8.78 Å². The van der Waals surface area contributed by atoms with Crippen LogP contribution in [0.15, 0.2) is 12.2 Å². The predicted molar refractivity (Wildman–Crippen MR) is 31.4 cm³/mol. The van der Waals surface area contributed by atoms with Gasteiger partial charge in [-0.05, 0) is 6.08 Å². The lowest BCUT2D eigenvalue weighted by atomic mass is 10.5. The minimum atomic E-state index is -2.36. The van der Waals surface area contributed by atoms with Crippen molar-refractivity contribution in [2.45, 2.75) is 6.43 Å². The van der Waals surface area contributed by atoms with E-state index in [1.54, 1.807) is 0 Å². The molecule has 0 aliphatic rings. The normalized spacial score (nSPS) is 10.0. The molecular weight excluding hydrogens is 136 g/mol. The fourth-order valence-electron chi connectivity index (χ4n) is 0.181. The van der Waals surface area contributed by atoms with Gasteiger partial charge in [0.15, 0.2) is 0 Å². The predicted octanol–water partition coefficient (Wildman–Crippen LogP) is 1.19. The number of allylic oxidation sites excluding steroid dienone is 1. The standard InChI is InChI=1S/C4H7F2N.ClH/c5-4(6)2-1-3-7;/h1-2,4H,3,7H2;1H/b2-1+;. The molecule has 0 unspecified atom stereocenters. The van der Waals surface area contributed by atoms with Crippen LogP contribution in [-0.2, 0) is 0 Å². The molecular formula is C4H8ClF2N. The Kier molecular flexibility index (Phi) is 9.22. The van der Waals surface area contributed by atoms with Gasteiger partial charge in [-0.3, -0.25) is 0 Å². The van der Waals surface area contributed by atoms with Gasteiger partial charge in [-0.15, -0.1) is 12.4 Å². The van der Waals surface area contributed by atoms with Gasteiger partial charge in [0.25, 0.3) is 6.43 Å². The minimum Gasteiger partial charge on any atom is -0.327 e. The van der Waals surface area contributed by atoms with Gasteiger partial charge in [0.05, 0.1) is 0 Å². The first-order chi connectivity index (χ1) is 3.27. The largest absolute Gasteiger partial charge is 0.327 e. The third kappa shape index (κ3) is 9.28. The number of rotatable bonds is 2. The number of hydrogen-bond donors (Lipinski definition) is 1. The van der Waals surface area contributed by atoms with Gasteiger partial charge in [0.1, 0.15) is 0 Å². The lowest BCUT2D eigenvalue weighted by molar-refractivity contribution is 0.204. The topological polar surface area (TPSA) is 26.0 Å². The van der Waals surface area contributed by atoms with Crippen LogP contribution in [0, 0.1) is 0 Å². The molecule has 0 aromatic carbocycles. The second-order valence-electron chi connectivity index (χ2n) is 0.998. The highest BCUT2D eigenvalue weighted by atomic mass is 35.5. The van der Waals surface area contributed by atoms with Crippen molar-refractivity contribution in [1.82, 2.24) is 0 Å². The van der Waals surface area contributed by atoms with E-state index >= 15 is 0 Å². The molecule has 0 aliphatic heterocycles. The molecule has 8 heavy (non-hydrogen) atoms. The highest BCUT2D eigenvalue weighted by Gasteiger charge is 1.88. The number of alkyl halides is 2. The molecule has 50 valence electrons. The van der Waals surface area contributed by atoms with Crippen molar-refractivity contribution >= 4 is 12.4 Å². The van der Waals surface area contributed by atoms with E-state index in [4.69, 9.17) is 5.73 Å². The summed E-state index contributed by atoms with van der Waals surface area (Å²) in [5.41, 5.74) is 4.86. The molecule has 0 heterocycles. The molecule has 0 spiro atoms. The van der Waals surface area contributed by atoms with Crippen LogP contribution in [0.2, 0.25) is 0 Å². The summed E-state index contributed by atoms with van der Waals surface area (Å²) >= 11 is 0. The summed E-state index contributed by atoms with van der Waals surface area (Å²) in [5.74, 6) is 0. The first-order valence-corrected chi connectivity index (χ1v) is 1.92. The molecule has 0 aromatic rings. The smallest absolute Gasteiger partial charge is 0.257 e. The van der Waals surface area contributed by atoms with Gasteiger partial charge in [-0.1, -0.05) is 6.08 Å². The Morgan fingerprint density at radius 1 is 1.50 bits per heavy atom. The zero-order valence-corrected chi connectivity index (χ0v) is 5.00. The molecule has 0 saturated carbocycles. The van der Waals surface area contributed by atoms with Crippen molar-refractivity contribution in [2.75, 3.05) is 6.54 Å². The number of nitrogens with two attached hydrogens (primary N) is 1. The van der Waals surface area contributed by atoms with Crippen molar-refractivity contribution in [2.24, 2.45) is 5.73 Å². The van der Waals surface area contributed by atoms with Gasteiger partial charge in [0.2, 0.25) is 0 Å². The Bertz CT molecular complexity index is 65.1. The molecule has 1 nitrogen and oxygen atoms in total. The number of halogens is 3. The Labute approximate surface area is 53.0 Å². The first kappa shape index (κ1) is 10.8. The molecule has 0 atom stereocenters. The average Bonchev–Trinajstić information content (AvgIpc) is 1.61. The summed E-state index contributed by atoms with van der Waals surface area (Å²) in [6.07, 6.45) is -0.367. The summed E-state index contributed by atoms with van der Waals surface area (Å²) in [5, 5.41) is 0. The van der Waals surface area contributed by atoms with Crippen molar-refractivity contribution in [3.63, 3.8) is 0 Å². The SMILES string of the molecule is Cl.NC/C=C/C(F)F. The van der Waals surface area contributed by atoms with Crippen LogP contribution in [0.3, 0.4) is 0 Å². The van der Waals surface area contributed by atoms with Crippen LogP contribution in [0.5, 0.6) is 0 Å². The molecule has 0 amide bonds. The maximum absolute atomic E-state index is 11.1. The molecule has 0 radical (unpaired) electrons. The van der Waals surface area contributed by atoms with Crippen molar-refractivity contribution in [3.8, 4) is 0 Å². The van der Waals surface area contributed by atoms with Gasteiger partial charge in [-0.2, -0.15) is 0 Å². The van der Waals surface area contributed by atoms with Gasteiger partial charge >= 0.3 is 0 Å². The second-order valence-corrected chi connectivity index (χ2v) is 0.998. The van der Waals surface area contributed by atoms with E-state index in [0.29, 0.717) is 0 Å². The highest BCUT2D eigenvalue weighted by Crippen LogP contribution is 1.90. The zero-order valence-electron chi connectivity index (χ0n) is 4.18. The minimum absolute atomic E-state index is 0. The summed E-state index contributed by atoms with van der Waals surface area (Å²) in [6, 6.07) is 0. The Morgan fingerprint density at radius 3 is 2.12 bits per heavy atom. The second kappa shape index (κ2) is 6.85. The van der Waals surface area contributed by atoms with Crippen LogP contribution in [0.4, 0.5) is 8.78 Å². The number of hydrogen-bond acceptors (Lipinski definition) is 1. The molecule has 0 saturated heterocycles. The van der Waals surface area contributed by atoms with E-state index < -0.39 is 6.43 Å². The Morgan fingerprint density at radius 2 is 2.00 bits per heavy atom. The van der Waals surface area contributed by atoms with Crippen LogP contribution < -0.4 is 5.73 Å². The zero-order chi connectivity index (χ0) is 5.70. The van der Waals surface area contributed by atoms with Crippen LogP contribution in [-0.4, -0.2) is 13.0 Å². The van der Waals surface area contributed by atoms with E-state index in [2.05, 4.69) is 0 Å². The maximum Gasteiger partial charge on any atom is 0.257 e. The van der Waals surface area contributed by atoms with E-state index in [1.165, 1.54) is 6.08 Å². The lowest BCUT2D eigenvalue weighted by Gasteiger charge is -1.81. The summed E-state index contributed by atoms with van der Waals surface area (Å²) in [6.45, 7) is 0.185. The Balaban J connectivity index is 0. The van der Waals surface area contributed by atoms with Crippen LogP contribution in [0.25, 0.3) is 0 Å². The van der Waals surface area contributed by atoms with Crippen molar-refractivity contribution < 1.29 is 8.78 Å². The van der Waals surface area contributed by atoms with Crippen LogP contribution >= 0.6 is 12.4 Å². The van der Waals surface area contributed by atoms with E-state index in [-0.39, 0.29) is 19.0 Å². The van der Waals surface area contributed by atoms with E-state index in [0.717, 1.165) is 6.08 Å². The van der Waals surface area contributed by atoms with Gasteiger partial charge in [0, 0.05) is 6.54 Å². The molecule has 2 N–H and O–H groups in total. The summed E-state index contributed by atoms with van der Waals surface area (Å²) < 4.78 is 22.2. The van der Waals surface area contributed by atoms with Gasteiger partial charge < -0.3 is 5.73 Å². The monoisotopic (exact) mass is 143 g/mol. The van der Waals surface area contributed by atoms with Crippen molar-refractivity contribution in [3.05, 3.63) is 12.2 Å². The van der Waals surface area contributed by atoms with E-state index in [1.807, 2.05) is 0 Å². The molecule has 0 aliphatic carbocycles. The maximum atomic E-state index is 11.1. The fourth-order valence-corrected chi connectivity index (χ4v) is 0.181. The Hall–Kier alpha value is -0.150. The molecule has 0 rings (SSSR count). The van der Waals surface area contributed by atoms with Crippen LogP contribution in [0.1, 0.15) is 0 Å². The third-order valence-electron chi connectivity index (χ3n) is 0.418.